The van der Waals surface area contributed by atoms with Crippen LogP contribution in [0.5, 0.6) is 0 Å². The standard InChI is InChI=1S/C11H16N4OS/c1-7-4-5-17-9(7)6-13-11-15-14-10(16-11)8(2)12-3/h4-5,8,12H,6H2,1-3H3,(H,13,15). The van der Waals surface area contributed by atoms with Crippen LogP contribution in [-0.4, -0.2) is 17.2 Å². The third kappa shape index (κ3) is 2.83. The van der Waals surface area contributed by atoms with Crippen molar-refractivity contribution in [3.05, 3.63) is 27.8 Å². The second-order valence-corrected chi connectivity index (χ2v) is 4.84. The van der Waals surface area contributed by atoms with Crippen LogP contribution in [0.4, 0.5) is 6.01 Å². The number of hydrogen-bond acceptors (Lipinski definition) is 6. The molecule has 0 amide bonds. The Balaban J connectivity index is 1.96. The second-order valence-electron chi connectivity index (χ2n) is 3.84. The Labute approximate surface area is 104 Å². The van der Waals surface area contributed by atoms with Crippen LogP contribution in [0.3, 0.4) is 0 Å². The summed E-state index contributed by atoms with van der Waals surface area (Å²) in [4.78, 5) is 1.28. The summed E-state index contributed by atoms with van der Waals surface area (Å²) in [6.07, 6.45) is 0. The van der Waals surface area contributed by atoms with Gasteiger partial charge in [0.2, 0.25) is 5.89 Å². The molecule has 2 rings (SSSR count). The van der Waals surface area contributed by atoms with Crippen molar-refractivity contribution in [3.63, 3.8) is 0 Å². The zero-order valence-corrected chi connectivity index (χ0v) is 11.0. The molecular weight excluding hydrogens is 236 g/mol. The van der Waals surface area contributed by atoms with Crippen molar-refractivity contribution in [1.82, 2.24) is 15.5 Å². The van der Waals surface area contributed by atoms with E-state index in [0.29, 0.717) is 11.9 Å². The Bertz CT molecular complexity index is 479. The van der Waals surface area contributed by atoms with E-state index in [4.69, 9.17) is 4.42 Å². The van der Waals surface area contributed by atoms with Gasteiger partial charge in [-0.3, -0.25) is 0 Å². The highest BCUT2D eigenvalue weighted by molar-refractivity contribution is 7.10. The van der Waals surface area contributed by atoms with E-state index >= 15 is 0 Å². The Morgan fingerprint density at radius 3 is 2.94 bits per heavy atom. The first-order valence-electron chi connectivity index (χ1n) is 5.48. The maximum Gasteiger partial charge on any atom is 0.315 e. The van der Waals surface area contributed by atoms with Crippen molar-refractivity contribution >= 4 is 17.4 Å². The summed E-state index contributed by atoms with van der Waals surface area (Å²) in [5, 5.41) is 16.2. The molecule has 17 heavy (non-hydrogen) atoms. The summed E-state index contributed by atoms with van der Waals surface area (Å²) in [5.74, 6) is 0.595. The lowest BCUT2D eigenvalue weighted by Crippen LogP contribution is -2.12. The molecule has 0 saturated heterocycles. The van der Waals surface area contributed by atoms with Crippen molar-refractivity contribution in [3.8, 4) is 0 Å². The van der Waals surface area contributed by atoms with Crippen LogP contribution in [0.15, 0.2) is 15.9 Å². The van der Waals surface area contributed by atoms with E-state index < -0.39 is 0 Å². The second kappa shape index (κ2) is 5.29. The van der Waals surface area contributed by atoms with Crippen molar-refractivity contribution < 1.29 is 4.42 Å². The number of anilines is 1. The van der Waals surface area contributed by atoms with Gasteiger partial charge in [0, 0.05) is 4.88 Å². The molecule has 2 aromatic rings. The average Bonchev–Trinajstić information content (AvgIpc) is 2.94. The van der Waals surface area contributed by atoms with Gasteiger partial charge < -0.3 is 15.1 Å². The van der Waals surface area contributed by atoms with Crippen molar-refractivity contribution in [2.24, 2.45) is 0 Å². The SMILES string of the molecule is CNC(C)c1nnc(NCc2sccc2C)o1. The molecule has 2 aromatic heterocycles. The largest absolute Gasteiger partial charge is 0.406 e. The predicted octanol–water partition coefficient (Wildman–Crippen LogP) is 2.33. The fourth-order valence-corrected chi connectivity index (χ4v) is 2.19. The van der Waals surface area contributed by atoms with Gasteiger partial charge in [0.15, 0.2) is 0 Å². The molecular formula is C11H16N4OS. The highest BCUT2D eigenvalue weighted by atomic mass is 32.1. The molecule has 2 heterocycles. The first-order valence-corrected chi connectivity index (χ1v) is 6.36. The molecule has 0 saturated carbocycles. The lowest BCUT2D eigenvalue weighted by atomic mass is 10.3. The summed E-state index contributed by atoms with van der Waals surface area (Å²) >= 11 is 1.72. The Kier molecular flexibility index (Phi) is 3.75. The van der Waals surface area contributed by atoms with Gasteiger partial charge in [-0.15, -0.1) is 16.4 Å². The van der Waals surface area contributed by atoms with E-state index in [1.807, 2.05) is 14.0 Å². The number of hydrogen-bond donors (Lipinski definition) is 2. The lowest BCUT2D eigenvalue weighted by molar-refractivity contribution is 0.441. The molecule has 0 radical (unpaired) electrons. The van der Waals surface area contributed by atoms with Gasteiger partial charge in [-0.25, -0.2) is 0 Å². The maximum atomic E-state index is 5.48. The minimum absolute atomic E-state index is 0.0709. The van der Waals surface area contributed by atoms with Gasteiger partial charge in [0.05, 0.1) is 12.6 Å². The first-order chi connectivity index (χ1) is 8.20. The van der Waals surface area contributed by atoms with E-state index in [1.54, 1.807) is 11.3 Å². The Morgan fingerprint density at radius 1 is 1.47 bits per heavy atom. The number of nitrogens with zero attached hydrogens (tertiary/aromatic N) is 2. The Hall–Kier alpha value is -1.40. The molecule has 0 aliphatic heterocycles. The molecule has 1 atom stereocenters. The highest BCUT2D eigenvalue weighted by Gasteiger charge is 2.11. The van der Waals surface area contributed by atoms with E-state index in [9.17, 15) is 0 Å². The van der Waals surface area contributed by atoms with Crippen LogP contribution < -0.4 is 10.6 Å². The monoisotopic (exact) mass is 252 g/mol. The Morgan fingerprint density at radius 2 is 2.29 bits per heavy atom. The molecule has 5 nitrogen and oxygen atoms in total. The minimum atomic E-state index is 0.0709. The van der Waals surface area contributed by atoms with Gasteiger partial charge >= 0.3 is 6.01 Å². The van der Waals surface area contributed by atoms with Crippen LogP contribution >= 0.6 is 11.3 Å². The van der Waals surface area contributed by atoms with Gasteiger partial charge in [0.1, 0.15) is 0 Å². The average molecular weight is 252 g/mol. The van der Waals surface area contributed by atoms with Crippen molar-refractivity contribution in [2.75, 3.05) is 12.4 Å². The summed E-state index contributed by atoms with van der Waals surface area (Å²) in [7, 11) is 1.86. The fourth-order valence-electron chi connectivity index (χ4n) is 1.35. The number of rotatable bonds is 5. The summed E-state index contributed by atoms with van der Waals surface area (Å²) in [5.41, 5.74) is 1.28. The molecule has 0 aliphatic carbocycles. The molecule has 2 N–H and O–H groups in total. The number of aryl methyl sites for hydroxylation is 1. The quantitative estimate of drug-likeness (QED) is 0.855. The maximum absolute atomic E-state index is 5.48. The zero-order chi connectivity index (χ0) is 12.3. The molecule has 0 fully saturated rings. The van der Waals surface area contributed by atoms with Gasteiger partial charge in [-0.2, -0.15) is 0 Å². The van der Waals surface area contributed by atoms with E-state index in [2.05, 4.69) is 39.2 Å². The number of nitrogens with one attached hydrogen (secondary N) is 2. The number of aromatic nitrogens is 2. The van der Waals surface area contributed by atoms with Gasteiger partial charge in [0.25, 0.3) is 0 Å². The van der Waals surface area contributed by atoms with E-state index in [0.717, 1.165) is 6.54 Å². The van der Waals surface area contributed by atoms with Gasteiger partial charge in [-0.05, 0) is 37.9 Å². The van der Waals surface area contributed by atoms with Crippen LogP contribution in [0.25, 0.3) is 0 Å². The summed E-state index contributed by atoms with van der Waals surface area (Å²) < 4.78 is 5.48. The molecule has 0 aliphatic rings. The highest BCUT2D eigenvalue weighted by Crippen LogP contribution is 2.18. The van der Waals surface area contributed by atoms with Crippen molar-refractivity contribution in [1.29, 1.82) is 0 Å². The van der Waals surface area contributed by atoms with Gasteiger partial charge in [-0.1, -0.05) is 5.10 Å². The summed E-state index contributed by atoms with van der Waals surface area (Å²) in [6.45, 7) is 4.79. The molecule has 0 bridgehead atoms. The van der Waals surface area contributed by atoms with Crippen LogP contribution in [-0.2, 0) is 6.54 Å². The topological polar surface area (TPSA) is 63.0 Å². The zero-order valence-electron chi connectivity index (χ0n) is 10.2. The van der Waals surface area contributed by atoms with Crippen molar-refractivity contribution in [2.45, 2.75) is 26.4 Å². The fraction of sp³-hybridized carbons (Fsp3) is 0.455. The molecule has 0 spiro atoms. The van der Waals surface area contributed by atoms with E-state index in [-0.39, 0.29) is 6.04 Å². The normalized spacial score (nSPS) is 12.6. The van der Waals surface area contributed by atoms with Crippen LogP contribution in [0.2, 0.25) is 0 Å². The molecule has 1 unspecified atom stereocenters. The number of thiophene rings is 1. The molecule has 6 heteroatoms. The summed E-state index contributed by atoms with van der Waals surface area (Å²) in [6, 6.07) is 2.64. The van der Waals surface area contributed by atoms with E-state index in [1.165, 1.54) is 10.4 Å². The predicted molar refractivity (Wildman–Crippen MR) is 68.2 cm³/mol. The smallest absolute Gasteiger partial charge is 0.315 e. The minimum Gasteiger partial charge on any atom is -0.406 e. The van der Waals surface area contributed by atoms with Crippen LogP contribution in [0, 0.1) is 6.92 Å². The molecule has 0 aromatic carbocycles. The molecule has 92 valence electrons. The third-order valence-electron chi connectivity index (χ3n) is 2.61. The first kappa shape index (κ1) is 12.1. The lowest BCUT2D eigenvalue weighted by Gasteiger charge is -2.03. The third-order valence-corrected chi connectivity index (χ3v) is 3.64. The van der Waals surface area contributed by atoms with Crippen LogP contribution in [0.1, 0.15) is 29.3 Å².